The summed E-state index contributed by atoms with van der Waals surface area (Å²) in [7, 11) is 1.26. The Bertz CT molecular complexity index is 583. The van der Waals surface area contributed by atoms with Crippen molar-refractivity contribution in [3.63, 3.8) is 0 Å². The fourth-order valence-corrected chi connectivity index (χ4v) is 1.77. The highest BCUT2D eigenvalue weighted by Crippen LogP contribution is 2.15. The smallest absolute Gasteiger partial charge is 0.373 e. The zero-order valence-corrected chi connectivity index (χ0v) is 11.6. The summed E-state index contributed by atoms with van der Waals surface area (Å²) in [5, 5.41) is 0. The van der Waals surface area contributed by atoms with Gasteiger partial charge in [-0.3, -0.25) is 4.79 Å². The predicted octanol–water partition coefficient (Wildman–Crippen LogP) is 2.90. The van der Waals surface area contributed by atoms with Crippen LogP contribution < -0.4 is 0 Å². The minimum absolute atomic E-state index is 0.0198. The van der Waals surface area contributed by atoms with E-state index in [1.165, 1.54) is 19.2 Å². The fourth-order valence-electron chi connectivity index (χ4n) is 1.41. The molecule has 0 bridgehead atoms. The highest BCUT2D eigenvalue weighted by Gasteiger charge is 2.17. The van der Waals surface area contributed by atoms with Crippen LogP contribution in [0.1, 0.15) is 26.7 Å². The molecule has 0 fully saturated rings. The van der Waals surface area contributed by atoms with Gasteiger partial charge in [-0.15, -0.1) is 0 Å². The van der Waals surface area contributed by atoms with Gasteiger partial charge < -0.3 is 9.15 Å². The monoisotopic (exact) mass is 356 g/mol. The van der Waals surface area contributed by atoms with E-state index in [1.807, 2.05) is 12.1 Å². The van der Waals surface area contributed by atoms with Crippen LogP contribution in [-0.2, 0) is 4.74 Å². The maximum atomic E-state index is 12.0. The lowest BCUT2D eigenvalue weighted by molar-refractivity contribution is 0.0563. The highest BCUT2D eigenvalue weighted by atomic mass is 127. The molecule has 1 aromatic heterocycles. The van der Waals surface area contributed by atoms with E-state index in [2.05, 4.69) is 27.3 Å². The highest BCUT2D eigenvalue weighted by molar-refractivity contribution is 14.1. The number of hydrogen-bond donors (Lipinski definition) is 0. The Morgan fingerprint density at radius 3 is 2.28 bits per heavy atom. The molecule has 0 saturated heterocycles. The van der Waals surface area contributed by atoms with Crippen molar-refractivity contribution in [3.05, 3.63) is 57.1 Å². The number of rotatable bonds is 3. The molecule has 0 aliphatic carbocycles. The number of carbonyl (C=O) groups is 2. The number of carbonyl (C=O) groups excluding carboxylic acids is 2. The Morgan fingerprint density at radius 1 is 1.06 bits per heavy atom. The summed E-state index contributed by atoms with van der Waals surface area (Å²) in [4.78, 5) is 23.2. The number of ketones is 1. The third kappa shape index (κ3) is 2.61. The van der Waals surface area contributed by atoms with Gasteiger partial charge in [0.2, 0.25) is 11.5 Å². The van der Waals surface area contributed by atoms with Gasteiger partial charge in [-0.2, -0.15) is 0 Å². The van der Waals surface area contributed by atoms with E-state index in [-0.39, 0.29) is 17.3 Å². The molecular weight excluding hydrogens is 347 g/mol. The molecule has 92 valence electrons. The van der Waals surface area contributed by atoms with Gasteiger partial charge >= 0.3 is 5.97 Å². The Kier molecular flexibility index (Phi) is 3.81. The number of hydrogen-bond acceptors (Lipinski definition) is 4. The van der Waals surface area contributed by atoms with E-state index < -0.39 is 5.97 Å². The van der Waals surface area contributed by atoms with Crippen LogP contribution in [0.4, 0.5) is 0 Å². The van der Waals surface area contributed by atoms with Gasteiger partial charge in [-0.25, -0.2) is 4.79 Å². The first-order valence-electron chi connectivity index (χ1n) is 5.10. The van der Waals surface area contributed by atoms with Crippen LogP contribution in [-0.4, -0.2) is 18.9 Å². The second kappa shape index (κ2) is 5.34. The summed E-state index contributed by atoms with van der Waals surface area (Å²) in [6.45, 7) is 0. The minimum Gasteiger partial charge on any atom is -0.463 e. The number of esters is 1. The number of halogens is 1. The number of methoxy groups -OCH3 is 1. The SMILES string of the molecule is COC(=O)c1ccc(C(=O)c2ccc(I)cc2)o1. The number of furan rings is 1. The summed E-state index contributed by atoms with van der Waals surface area (Å²) in [5.41, 5.74) is 0.515. The van der Waals surface area contributed by atoms with Gasteiger partial charge in [0, 0.05) is 9.13 Å². The Labute approximate surface area is 117 Å². The first-order valence-corrected chi connectivity index (χ1v) is 6.18. The van der Waals surface area contributed by atoms with Crippen molar-refractivity contribution in [2.24, 2.45) is 0 Å². The van der Waals surface area contributed by atoms with Crippen LogP contribution in [0.2, 0.25) is 0 Å². The van der Waals surface area contributed by atoms with Gasteiger partial charge in [0.15, 0.2) is 5.76 Å². The summed E-state index contributed by atoms with van der Waals surface area (Å²) in [6.07, 6.45) is 0. The number of benzene rings is 1. The van der Waals surface area contributed by atoms with Crippen LogP contribution >= 0.6 is 22.6 Å². The minimum atomic E-state index is -0.600. The third-order valence-electron chi connectivity index (χ3n) is 2.32. The van der Waals surface area contributed by atoms with E-state index in [1.54, 1.807) is 12.1 Å². The second-order valence-electron chi connectivity index (χ2n) is 3.49. The zero-order chi connectivity index (χ0) is 13.1. The summed E-state index contributed by atoms with van der Waals surface area (Å²) < 4.78 is 10.7. The molecule has 1 aromatic carbocycles. The molecule has 1 heterocycles. The maximum absolute atomic E-state index is 12.0. The Hall–Kier alpha value is -1.63. The van der Waals surface area contributed by atoms with E-state index in [9.17, 15) is 9.59 Å². The van der Waals surface area contributed by atoms with Crippen LogP contribution in [0.25, 0.3) is 0 Å². The van der Waals surface area contributed by atoms with Crippen molar-refractivity contribution < 1.29 is 18.7 Å². The van der Waals surface area contributed by atoms with Crippen molar-refractivity contribution in [1.82, 2.24) is 0 Å². The lowest BCUT2D eigenvalue weighted by Crippen LogP contribution is -2.01. The van der Waals surface area contributed by atoms with Crippen LogP contribution in [0, 0.1) is 3.57 Å². The number of ether oxygens (including phenoxy) is 1. The van der Waals surface area contributed by atoms with Gasteiger partial charge in [-0.05, 0) is 59.0 Å². The molecule has 5 heteroatoms. The molecule has 2 aromatic rings. The largest absolute Gasteiger partial charge is 0.463 e. The van der Waals surface area contributed by atoms with Gasteiger partial charge in [-0.1, -0.05) is 0 Å². The quantitative estimate of drug-likeness (QED) is 0.482. The zero-order valence-electron chi connectivity index (χ0n) is 9.48. The average molecular weight is 356 g/mol. The lowest BCUT2D eigenvalue weighted by Gasteiger charge is -1.98. The maximum Gasteiger partial charge on any atom is 0.373 e. The Morgan fingerprint density at radius 2 is 1.67 bits per heavy atom. The van der Waals surface area contributed by atoms with Gasteiger partial charge in [0.05, 0.1) is 7.11 Å². The van der Waals surface area contributed by atoms with E-state index in [4.69, 9.17) is 4.42 Å². The van der Waals surface area contributed by atoms with E-state index in [0.717, 1.165) is 3.57 Å². The Balaban J connectivity index is 2.26. The second-order valence-corrected chi connectivity index (χ2v) is 4.74. The van der Waals surface area contributed by atoms with Crippen molar-refractivity contribution in [1.29, 1.82) is 0 Å². The molecule has 0 saturated carbocycles. The van der Waals surface area contributed by atoms with Crippen LogP contribution in [0.3, 0.4) is 0 Å². The molecule has 18 heavy (non-hydrogen) atoms. The molecule has 0 N–H and O–H groups in total. The van der Waals surface area contributed by atoms with Gasteiger partial charge in [0.1, 0.15) is 0 Å². The standard InChI is InChI=1S/C13H9IO4/c1-17-13(16)11-7-6-10(18-11)12(15)8-2-4-9(14)5-3-8/h2-7H,1H3. The third-order valence-corrected chi connectivity index (χ3v) is 3.04. The molecule has 0 aliphatic heterocycles. The van der Waals surface area contributed by atoms with E-state index in [0.29, 0.717) is 5.56 Å². The average Bonchev–Trinajstić information content (AvgIpc) is 2.87. The van der Waals surface area contributed by atoms with Crippen LogP contribution in [0.15, 0.2) is 40.8 Å². The van der Waals surface area contributed by atoms with Crippen molar-refractivity contribution in [3.8, 4) is 0 Å². The van der Waals surface area contributed by atoms with Crippen LogP contribution in [0.5, 0.6) is 0 Å². The first-order chi connectivity index (χ1) is 8.61. The topological polar surface area (TPSA) is 56.5 Å². The molecule has 0 atom stereocenters. The molecule has 0 unspecified atom stereocenters. The van der Waals surface area contributed by atoms with Gasteiger partial charge in [0.25, 0.3) is 0 Å². The fraction of sp³-hybridized carbons (Fsp3) is 0.0769. The summed E-state index contributed by atoms with van der Waals surface area (Å²) >= 11 is 2.16. The normalized spacial score (nSPS) is 10.1. The lowest BCUT2D eigenvalue weighted by atomic mass is 10.1. The van der Waals surface area contributed by atoms with Crippen molar-refractivity contribution in [2.75, 3.05) is 7.11 Å². The predicted molar refractivity (Wildman–Crippen MR) is 72.6 cm³/mol. The van der Waals surface area contributed by atoms with Crippen molar-refractivity contribution in [2.45, 2.75) is 0 Å². The molecule has 0 radical (unpaired) electrons. The molecule has 4 nitrogen and oxygen atoms in total. The first kappa shape index (κ1) is 12.8. The molecule has 0 aliphatic rings. The molecule has 2 rings (SSSR count). The molecule has 0 spiro atoms. The molecule has 0 amide bonds. The summed E-state index contributed by atoms with van der Waals surface area (Å²) in [6, 6.07) is 9.98. The van der Waals surface area contributed by atoms with Crippen molar-refractivity contribution >= 4 is 34.3 Å². The molecular formula is C13H9IO4. The summed E-state index contributed by atoms with van der Waals surface area (Å²) in [5.74, 6) is -0.721. The van der Waals surface area contributed by atoms with E-state index >= 15 is 0 Å².